The second-order valence-corrected chi connectivity index (χ2v) is 4.12. The molecule has 4 nitrogen and oxygen atoms in total. The van der Waals surface area contributed by atoms with Crippen LogP contribution in [0, 0.1) is 5.92 Å². The number of hydrogen-bond acceptors (Lipinski definition) is 3. The van der Waals surface area contributed by atoms with Crippen molar-refractivity contribution in [1.82, 2.24) is 10.4 Å². The molecular formula is C9H17N3OS. The highest BCUT2D eigenvalue weighted by atomic mass is 32.1. The zero-order valence-electron chi connectivity index (χ0n) is 8.45. The molecule has 1 rings (SSSR count). The highest BCUT2D eigenvalue weighted by molar-refractivity contribution is 7.80. The Morgan fingerprint density at radius 2 is 2.00 bits per heavy atom. The second-order valence-electron chi connectivity index (χ2n) is 3.65. The molecule has 0 aromatic heterocycles. The molecule has 3 N–H and O–H groups in total. The van der Waals surface area contributed by atoms with Gasteiger partial charge < -0.3 is 5.73 Å². The first kappa shape index (κ1) is 11.4. The Kier molecular flexibility index (Phi) is 4.28. The Morgan fingerprint density at radius 3 is 2.50 bits per heavy atom. The number of hydrazine groups is 1. The van der Waals surface area contributed by atoms with Crippen LogP contribution in [0.4, 0.5) is 0 Å². The van der Waals surface area contributed by atoms with Crippen LogP contribution in [0.2, 0.25) is 0 Å². The molecule has 1 saturated heterocycles. The van der Waals surface area contributed by atoms with Crippen LogP contribution in [0.15, 0.2) is 0 Å². The van der Waals surface area contributed by atoms with Crippen molar-refractivity contribution in [3.8, 4) is 0 Å². The summed E-state index contributed by atoms with van der Waals surface area (Å²) in [6.07, 6.45) is 3.53. The highest BCUT2D eigenvalue weighted by Gasteiger charge is 2.19. The van der Waals surface area contributed by atoms with Gasteiger partial charge >= 0.3 is 0 Å². The number of carbonyl (C=O) groups is 1. The fourth-order valence-corrected chi connectivity index (χ4v) is 1.49. The number of piperidine rings is 1. The van der Waals surface area contributed by atoms with Crippen LogP contribution in [0.1, 0.15) is 26.2 Å². The van der Waals surface area contributed by atoms with Gasteiger partial charge in [0.1, 0.15) is 0 Å². The Balaban J connectivity index is 2.35. The Bertz CT molecular complexity index is 226. The largest absolute Gasteiger partial charge is 0.393 e. The minimum atomic E-state index is -0.382. The van der Waals surface area contributed by atoms with Gasteiger partial charge in [-0.1, -0.05) is 18.6 Å². The standard InChI is InChI=1S/C9H17N3OS/c1-7(8(10)14)9(13)11-12-5-3-2-4-6-12/h7H,2-6H2,1H3,(H2,10,14)(H,11,13). The molecule has 0 bridgehead atoms. The highest BCUT2D eigenvalue weighted by Crippen LogP contribution is 2.06. The molecule has 0 aromatic rings. The second kappa shape index (κ2) is 5.26. The molecule has 1 atom stereocenters. The molecule has 0 aliphatic carbocycles. The minimum absolute atomic E-state index is 0.0978. The Hall–Kier alpha value is -0.680. The van der Waals surface area contributed by atoms with Crippen LogP contribution in [0.3, 0.4) is 0 Å². The number of thiocarbonyl (C=S) groups is 1. The summed E-state index contributed by atoms with van der Waals surface area (Å²) in [5, 5.41) is 1.95. The van der Waals surface area contributed by atoms with E-state index in [0.29, 0.717) is 0 Å². The molecule has 0 aromatic carbocycles. The van der Waals surface area contributed by atoms with Crippen molar-refractivity contribution in [2.24, 2.45) is 11.7 Å². The van der Waals surface area contributed by atoms with Gasteiger partial charge in [-0.2, -0.15) is 0 Å². The number of rotatable bonds is 3. The lowest BCUT2D eigenvalue weighted by Crippen LogP contribution is -2.48. The fourth-order valence-electron chi connectivity index (χ4n) is 1.39. The monoisotopic (exact) mass is 215 g/mol. The zero-order chi connectivity index (χ0) is 10.6. The van der Waals surface area contributed by atoms with Crippen molar-refractivity contribution >= 4 is 23.1 Å². The maximum Gasteiger partial charge on any atom is 0.243 e. The number of nitrogens with two attached hydrogens (primary N) is 1. The lowest BCUT2D eigenvalue weighted by Gasteiger charge is -2.27. The maximum absolute atomic E-state index is 11.5. The van der Waals surface area contributed by atoms with Crippen LogP contribution in [-0.2, 0) is 4.79 Å². The van der Waals surface area contributed by atoms with E-state index < -0.39 is 0 Å². The van der Waals surface area contributed by atoms with Crippen molar-refractivity contribution in [2.45, 2.75) is 26.2 Å². The first-order valence-corrected chi connectivity index (χ1v) is 5.37. The zero-order valence-corrected chi connectivity index (χ0v) is 9.27. The van der Waals surface area contributed by atoms with E-state index in [4.69, 9.17) is 18.0 Å². The van der Waals surface area contributed by atoms with Crippen molar-refractivity contribution in [1.29, 1.82) is 0 Å². The summed E-state index contributed by atoms with van der Waals surface area (Å²) in [7, 11) is 0. The normalized spacial score (nSPS) is 20.1. The number of amides is 1. The van der Waals surface area contributed by atoms with E-state index in [-0.39, 0.29) is 16.8 Å². The average molecular weight is 215 g/mol. The summed E-state index contributed by atoms with van der Waals surface area (Å²) >= 11 is 4.76. The Morgan fingerprint density at radius 1 is 1.43 bits per heavy atom. The number of hydrogen-bond donors (Lipinski definition) is 2. The van der Waals surface area contributed by atoms with Crippen LogP contribution in [0.5, 0.6) is 0 Å². The first-order valence-electron chi connectivity index (χ1n) is 4.96. The van der Waals surface area contributed by atoms with E-state index in [1.165, 1.54) is 6.42 Å². The molecule has 14 heavy (non-hydrogen) atoms. The lowest BCUT2D eigenvalue weighted by molar-refractivity contribution is -0.127. The van der Waals surface area contributed by atoms with E-state index in [2.05, 4.69) is 5.43 Å². The lowest BCUT2D eigenvalue weighted by atomic mass is 10.1. The van der Waals surface area contributed by atoms with Gasteiger partial charge in [0.15, 0.2) is 0 Å². The average Bonchev–Trinajstić information content (AvgIpc) is 2.18. The first-order chi connectivity index (χ1) is 6.61. The summed E-state index contributed by atoms with van der Waals surface area (Å²) in [4.78, 5) is 11.8. The van der Waals surface area contributed by atoms with Crippen LogP contribution < -0.4 is 11.2 Å². The predicted octanol–water partition coefficient (Wildman–Crippen LogP) is 0.426. The van der Waals surface area contributed by atoms with E-state index in [1.807, 2.05) is 5.01 Å². The molecule has 0 saturated carbocycles. The SMILES string of the molecule is CC(C(=O)NN1CCCCC1)C(N)=S. The fraction of sp³-hybridized carbons (Fsp3) is 0.778. The number of carbonyl (C=O) groups excluding carboxylic acids is 1. The molecule has 1 aliphatic rings. The smallest absolute Gasteiger partial charge is 0.243 e. The van der Waals surface area contributed by atoms with Gasteiger partial charge in [-0.15, -0.1) is 0 Å². The quantitative estimate of drug-likeness (QED) is 0.670. The van der Waals surface area contributed by atoms with Gasteiger partial charge in [-0.05, 0) is 19.8 Å². The molecular weight excluding hydrogens is 198 g/mol. The van der Waals surface area contributed by atoms with Gasteiger partial charge in [-0.3, -0.25) is 10.2 Å². The van der Waals surface area contributed by atoms with Gasteiger partial charge in [0.05, 0.1) is 10.9 Å². The van der Waals surface area contributed by atoms with Crippen LogP contribution in [-0.4, -0.2) is 29.0 Å². The van der Waals surface area contributed by atoms with Crippen molar-refractivity contribution < 1.29 is 4.79 Å². The van der Waals surface area contributed by atoms with Crippen LogP contribution in [0.25, 0.3) is 0 Å². The molecule has 1 aliphatic heterocycles. The summed E-state index contributed by atoms with van der Waals surface area (Å²) < 4.78 is 0. The summed E-state index contributed by atoms with van der Waals surface area (Å²) in [6.45, 7) is 3.58. The van der Waals surface area contributed by atoms with Crippen LogP contribution >= 0.6 is 12.2 Å². The summed E-state index contributed by atoms with van der Waals surface area (Å²) in [5.74, 6) is -0.480. The van der Waals surface area contributed by atoms with Gasteiger partial charge in [0.2, 0.25) is 5.91 Å². The molecule has 5 heteroatoms. The van der Waals surface area contributed by atoms with Gasteiger partial charge in [-0.25, -0.2) is 5.01 Å². The number of nitrogens with zero attached hydrogens (tertiary/aromatic N) is 1. The van der Waals surface area contributed by atoms with Crippen molar-refractivity contribution in [3.63, 3.8) is 0 Å². The molecule has 0 radical (unpaired) electrons. The van der Waals surface area contributed by atoms with Crippen molar-refractivity contribution in [2.75, 3.05) is 13.1 Å². The predicted molar refractivity (Wildman–Crippen MR) is 59.5 cm³/mol. The van der Waals surface area contributed by atoms with Gasteiger partial charge in [0, 0.05) is 13.1 Å². The molecule has 1 amide bonds. The number of nitrogens with one attached hydrogen (secondary N) is 1. The molecule has 80 valence electrons. The third-order valence-electron chi connectivity index (χ3n) is 2.44. The van der Waals surface area contributed by atoms with E-state index in [1.54, 1.807) is 6.92 Å². The molecule has 1 unspecified atom stereocenters. The third-order valence-corrected chi connectivity index (χ3v) is 2.80. The van der Waals surface area contributed by atoms with Gasteiger partial charge in [0.25, 0.3) is 0 Å². The summed E-state index contributed by atoms with van der Waals surface area (Å²) in [6, 6.07) is 0. The van der Waals surface area contributed by atoms with Crippen molar-refractivity contribution in [3.05, 3.63) is 0 Å². The third kappa shape index (κ3) is 3.23. The van der Waals surface area contributed by atoms with E-state index >= 15 is 0 Å². The van der Waals surface area contributed by atoms with E-state index in [9.17, 15) is 4.79 Å². The Labute approximate surface area is 89.8 Å². The van der Waals surface area contributed by atoms with E-state index in [0.717, 1.165) is 25.9 Å². The topological polar surface area (TPSA) is 58.4 Å². The minimum Gasteiger partial charge on any atom is -0.393 e. The molecule has 1 fully saturated rings. The summed E-state index contributed by atoms with van der Waals surface area (Å²) in [5.41, 5.74) is 8.22. The maximum atomic E-state index is 11.5. The molecule has 1 heterocycles. The molecule has 0 spiro atoms.